The second kappa shape index (κ2) is 7.74. The highest BCUT2D eigenvalue weighted by molar-refractivity contribution is 6.51. The van der Waals surface area contributed by atoms with Gasteiger partial charge < -0.3 is 10.1 Å². The zero-order valence-electron chi connectivity index (χ0n) is 18.1. The first-order valence-electron chi connectivity index (χ1n) is 10.6. The first kappa shape index (κ1) is 20.7. The molecule has 1 atom stereocenters. The topological polar surface area (TPSA) is 73.4 Å². The van der Waals surface area contributed by atoms with Crippen molar-refractivity contribution < 1.29 is 19.1 Å². The van der Waals surface area contributed by atoms with Gasteiger partial charge in [0.05, 0.1) is 11.6 Å². The molecule has 4 aromatic rings. The number of ketones is 1. The van der Waals surface area contributed by atoms with E-state index in [4.69, 9.17) is 0 Å². The predicted molar refractivity (Wildman–Crippen MR) is 125 cm³/mol. The van der Waals surface area contributed by atoms with Gasteiger partial charge in [-0.05, 0) is 61.4 Å². The summed E-state index contributed by atoms with van der Waals surface area (Å²) in [6.45, 7) is 3.87. The summed E-state index contributed by atoms with van der Waals surface area (Å²) in [6.07, 6.45) is 1.74. The summed E-state index contributed by atoms with van der Waals surface area (Å²) < 4.78 is 13.6. The molecule has 5 nitrogen and oxygen atoms in total. The Kier molecular flexibility index (Phi) is 4.86. The number of para-hydroxylation sites is 1. The van der Waals surface area contributed by atoms with Crippen LogP contribution < -0.4 is 4.90 Å². The number of aromatic amines is 1. The number of halogens is 1. The van der Waals surface area contributed by atoms with Gasteiger partial charge in [-0.1, -0.05) is 30.3 Å². The number of fused-ring (bicyclic) bond motifs is 1. The van der Waals surface area contributed by atoms with E-state index >= 15 is 0 Å². The number of nitrogens with one attached hydrogen (secondary N) is 1. The Labute approximate surface area is 189 Å². The number of aliphatic hydroxyl groups is 1. The average molecular weight is 440 g/mol. The minimum absolute atomic E-state index is 0.00247. The highest BCUT2D eigenvalue weighted by Gasteiger charge is 2.47. The van der Waals surface area contributed by atoms with Crippen LogP contribution in [0.2, 0.25) is 0 Å². The number of anilines is 1. The summed E-state index contributed by atoms with van der Waals surface area (Å²) in [5.41, 5.74) is 4.33. The number of hydrogen-bond acceptors (Lipinski definition) is 3. The lowest BCUT2D eigenvalue weighted by Gasteiger charge is -2.25. The van der Waals surface area contributed by atoms with E-state index < -0.39 is 23.5 Å². The van der Waals surface area contributed by atoms with E-state index in [2.05, 4.69) is 4.98 Å². The first-order valence-corrected chi connectivity index (χ1v) is 10.6. The smallest absolute Gasteiger partial charge is 0.300 e. The van der Waals surface area contributed by atoms with Gasteiger partial charge in [-0.15, -0.1) is 0 Å². The molecule has 6 heteroatoms. The fourth-order valence-electron chi connectivity index (χ4n) is 4.36. The standard InChI is InChI=1S/C27H21FN2O3/c1-15-7-8-17(13-16(15)2)25(31)23-24(21-14-29-22-6-4-3-5-20(21)22)30(27(33)26(23)32)19-11-9-18(28)10-12-19/h3-14,24,29,31H,1-2H3/b25-23+. The van der Waals surface area contributed by atoms with E-state index in [1.54, 1.807) is 18.3 Å². The Morgan fingerprint density at radius 2 is 1.70 bits per heavy atom. The molecular formula is C27H21FN2O3. The summed E-state index contributed by atoms with van der Waals surface area (Å²) in [6, 6.07) is 17.4. The third kappa shape index (κ3) is 3.31. The molecular weight excluding hydrogens is 419 g/mol. The summed E-state index contributed by atoms with van der Waals surface area (Å²) in [5, 5.41) is 12.1. The number of nitrogens with zero attached hydrogens (tertiary/aromatic N) is 1. The molecule has 1 amide bonds. The summed E-state index contributed by atoms with van der Waals surface area (Å²) in [7, 11) is 0. The Morgan fingerprint density at radius 1 is 0.970 bits per heavy atom. The highest BCUT2D eigenvalue weighted by Crippen LogP contribution is 2.44. The van der Waals surface area contributed by atoms with E-state index in [1.807, 2.05) is 44.2 Å². The number of H-pyrrole nitrogens is 1. The van der Waals surface area contributed by atoms with E-state index in [1.165, 1.54) is 29.2 Å². The van der Waals surface area contributed by atoms with Crippen LogP contribution in [0.5, 0.6) is 0 Å². The number of aromatic nitrogens is 1. The number of rotatable bonds is 3. The molecule has 2 heterocycles. The van der Waals surface area contributed by atoms with Gasteiger partial charge in [-0.3, -0.25) is 14.5 Å². The second-order valence-electron chi connectivity index (χ2n) is 8.23. The van der Waals surface area contributed by atoms with Crippen molar-refractivity contribution in [3.8, 4) is 0 Å². The van der Waals surface area contributed by atoms with E-state index in [-0.39, 0.29) is 11.3 Å². The Bertz CT molecular complexity index is 1450. The van der Waals surface area contributed by atoms with E-state index in [9.17, 15) is 19.1 Å². The maximum absolute atomic E-state index is 13.6. The number of aliphatic hydroxyl groups excluding tert-OH is 1. The van der Waals surface area contributed by atoms with Gasteiger partial charge >= 0.3 is 0 Å². The van der Waals surface area contributed by atoms with Gasteiger partial charge in [0.1, 0.15) is 11.6 Å². The van der Waals surface area contributed by atoms with Crippen LogP contribution in [0, 0.1) is 19.7 Å². The molecule has 1 aromatic heterocycles. The van der Waals surface area contributed by atoms with Gasteiger partial charge in [0.15, 0.2) is 0 Å². The molecule has 5 rings (SSSR count). The van der Waals surface area contributed by atoms with Crippen molar-refractivity contribution in [1.29, 1.82) is 0 Å². The van der Waals surface area contributed by atoms with Crippen LogP contribution >= 0.6 is 0 Å². The van der Waals surface area contributed by atoms with E-state index in [0.29, 0.717) is 16.8 Å². The number of Topliss-reactive ketones (excluding diaryl/α,β-unsaturated/α-hetero) is 1. The Balaban J connectivity index is 1.78. The molecule has 0 aliphatic carbocycles. The molecule has 2 N–H and O–H groups in total. The zero-order valence-corrected chi connectivity index (χ0v) is 18.1. The molecule has 1 saturated heterocycles. The minimum atomic E-state index is -0.881. The summed E-state index contributed by atoms with van der Waals surface area (Å²) >= 11 is 0. The van der Waals surface area contributed by atoms with Crippen LogP contribution in [0.1, 0.15) is 28.3 Å². The lowest BCUT2D eigenvalue weighted by molar-refractivity contribution is -0.132. The minimum Gasteiger partial charge on any atom is -0.507 e. The van der Waals surface area contributed by atoms with Crippen molar-refractivity contribution in [2.24, 2.45) is 0 Å². The molecule has 0 bridgehead atoms. The fraction of sp³-hybridized carbons (Fsp3) is 0.111. The van der Waals surface area contributed by atoms with Crippen LogP contribution in [-0.2, 0) is 9.59 Å². The maximum Gasteiger partial charge on any atom is 0.300 e. The molecule has 1 aliphatic rings. The average Bonchev–Trinajstić information content (AvgIpc) is 3.35. The van der Waals surface area contributed by atoms with Gasteiger partial charge in [0.25, 0.3) is 11.7 Å². The lowest BCUT2D eigenvalue weighted by Crippen LogP contribution is -2.29. The molecule has 1 fully saturated rings. The monoisotopic (exact) mass is 440 g/mol. The van der Waals surface area contributed by atoms with Crippen LogP contribution in [0.25, 0.3) is 16.7 Å². The molecule has 0 saturated carbocycles. The molecule has 3 aromatic carbocycles. The third-order valence-electron chi connectivity index (χ3n) is 6.25. The number of carbonyl (C=O) groups excluding carboxylic acids is 2. The zero-order chi connectivity index (χ0) is 23.3. The summed E-state index contributed by atoms with van der Waals surface area (Å²) in [4.78, 5) is 31.0. The van der Waals surface area contributed by atoms with Crippen LogP contribution in [0.3, 0.4) is 0 Å². The third-order valence-corrected chi connectivity index (χ3v) is 6.25. The quantitative estimate of drug-likeness (QED) is 0.249. The highest BCUT2D eigenvalue weighted by atomic mass is 19.1. The van der Waals surface area contributed by atoms with Gasteiger partial charge in [-0.2, -0.15) is 0 Å². The predicted octanol–water partition coefficient (Wildman–Crippen LogP) is 5.55. The Morgan fingerprint density at radius 3 is 2.42 bits per heavy atom. The number of hydrogen-bond donors (Lipinski definition) is 2. The van der Waals surface area contributed by atoms with Gasteiger partial charge in [0.2, 0.25) is 0 Å². The van der Waals surface area contributed by atoms with Crippen molar-refractivity contribution >= 4 is 34.0 Å². The van der Waals surface area contributed by atoms with Crippen molar-refractivity contribution in [2.75, 3.05) is 4.90 Å². The van der Waals surface area contributed by atoms with Crippen molar-refractivity contribution in [3.05, 3.63) is 107 Å². The summed E-state index contributed by atoms with van der Waals surface area (Å²) in [5.74, 6) is -2.25. The Hall–Kier alpha value is -4.19. The molecule has 1 unspecified atom stereocenters. The molecule has 33 heavy (non-hydrogen) atoms. The normalized spacial score (nSPS) is 17.8. The maximum atomic E-state index is 13.6. The van der Waals surface area contributed by atoms with Crippen LogP contribution in [-0.4, -0.2) is 21.8 Å². The van der Waals surface area contributed by atoms with Gasteiger partial charge in [-0.25, -0.2) is 4.39 Å². The molecule has 1 aliphatic heterocycles. The first-order chi connectivity index (χ1) is 15.9. The van der Waals surface area contributed by atoms with Crippen molar-refractivity contribution in [2.45, 2.75) is 19.9 Å². The molecule has 164 valence electrons. The second-order valence-corrected chi connectivity index (χ2v) is 8.23. The number of amides is 1. The molecule has 0 spiro atoms. The van der Waals surface area contributed by atoms with Crippen LogP contribution in [0.15, 0.2) is 78.5 Å². The number of aryl methyl sites for hydroxylation is 2. The SMILES string of the molecule is Cc1ccc(/C(O)=C2\C(=O)C(=O)N(c3ccc(F)cc3)C2c2c[nH]c3ccccc23)cc1C. The van der Waals surface area contributed by atoms with Crippen molar-refractivity contribution in [1.82, 2.24) is 4.98 Å². The van der Waals surface area contributed by atoms with Crippen LogP contribution in [0.4, 0.5) is 10.1 Å². The fourth-order valence-corrected chi connectivity index (χ4v) is 4.36. The number of carbonyl (C=O) groups is 2. The number of benzene rings is 3. The molecule has 0 radical (unpaired) electrons. The largest absolute Gasteiger partial charge is 0.507 e. The van der Waals surface area contributed by atoms with Crippen molar-refractivity contribution in [3.63, 3.8) is 0 Å². The van der Waals surface area contributed by atoms with E-state index in [0.717, 1.165) is 22.0 Å². The lowest BCUT2D eigenvalue weighted by atomic mass is 9.94. The van der Waals surface area contributed by atoms with Gasteiger partial charge in [0, 0.05) is 33.9 Å².